The van der Waals surface area contributed by atoms with Crippen LogP contribution in [0, 0.1) is 0 Å². The van der Waals surface area contributed by atoms with Gasteiger partial charge in [-0.3, -0.25) is 9.59 Å². The van der Waals surface area contributed by atoms with Gasteiger partial charge in [0, 0.05) is 16.2 Å². The zero-order valence-corrected chi connectivity index (χ0v) is 17.5. The molecule has 30 heavy (non-hydrogen) atoms. The largest absolute Gasteiger partial charge is 0.496 e. The molecule has 3 aromatic carbocycles. The standard InChI is InChI=1S/C24H23NO4S/c1-28-21-13-7-5-9-18(21)15-16-24(27)29-17-23(26)25-20-12-6-8-14-22(20)30-19-10-3-2-4-11-19/h2-14H,15-17H2,1H3,(H,25,26). The first kappa shape index (κ1) is 21.5. The van der Waals surface area contributed by atoms with E-state index >= 15 is 0 Å². The fraction of sp³-hybridized carbons (Fsp3) is 0.167. The predicted molar refractivity (Wildman–Crippen MR) is 118 cm³/mol. The molecule has 0 spiro atoms. The van der Waals surface area contributed by atoms with Crippen LogP contribution in [0.1, 0.15) is 12.0 Å². The monoisotopic (exact) mass is 421 g/mol. The molecule has 0 aromatic heterocycles. The summed E-state index contributed by atoms with van der Waals surface area (Å²) in [5, 5.41) is 2.82. The number of anilines is 1. The zero-order valence-electron chi connectivity index (χ0n) is 16.7. The lowest BCUT2D eigenvalue weighted by Gasteiger charge is -2.11. The molecule has 0 bridgehead atoms. The minimum atomic E-state index is -0.428. The number of hydrogen-bond donors (Lipinski definition) is 1. The molecule has 0 radical (unpaired) electrons. The Labute approximate surface area is 180 Å². The third kappa shape index (κ3) is 6.39. The van der Waals surface area contributed by atoms with Crippen molar-refractivity contribution >= 4 is 29.3 Å². The van der Waals surface area contributed by atoms with E-state index in [4.69, 9.17) is 9.47 Å². The SMILES string of the molecule is COc1ccccc1CCC(=O)OCC(=O)Nc1ccccc1Sc1ccccc1. The maximum absolute atomic E-state index is 12.3. The molecule has 3 aromatic rings. The summed E-state index contributed by atoms with van der Waals surface area (Å²) in [5.74, 6) is -0.0691. The summed E-state index contributed by atoms with van der Waals surface area (Å²) < 4.78 is 10.4. The molecule has 0 saturated carbocycles. The first-order chi connectivity index (χ1) is 14.7. The second-order valence-corrected chi connectivity index (χ2v) is 7.55. The second-order valence-electron chi connectivity index (χ2n) is 6.43. The van der Waals surface area contributed by atoms with E-state index in [1.165, 1.54) is 0 Å². The van der Waals surface area contributed by atoms with Gasteiger partial charge in [-0.15, -0.1) is 0 Å². The van der Waals surface area contributed by atoms with Crippen molar-refractivity contribution in [3.63, 3.8) is 0 Å². The maximum Gasteiger partial charge on any atom is 0.306 e. The van der Waals surface area contributed by atoms with Crippen molar-refractivity contribution in [2.24, 2.45) is 0 Å². The van der Waals surface area contributed by atoms with Gasteiger partial charge in [-0.05, 0) is 42.3 Å². The number of rotatable bonds is 9. The minimum Gasteiger partial charge on any atom is -0.496 e. The summed E-state index contributed by atoms with van der Waals surface area (Å²) in [7, 11) is 1.59. The Kier molecular flexibility index (Phi) is 7.92. The first-order valence-electron chi connectivity index (χ1n) is 9.55. The average Bonchev–Trinajstić information content (AvgIpc) is 2.78. The van der Waals surface area contributed by atoms with E-state index in [1.54, 1.807) is 18.9 Å². The van der Waals surface area contributed by atoms with Crippen molar-refractivity contribution < 1.29 is 19.1 Å². The number of hydrogen-bond acceptors (Lipinski definition) is 5. The van der Waals surface area contributed by atoms with Crippen LogP contribution in [-0.4, -0.2) is 25.6 Å². The highest BCUT2D eigenvalue weighted by Crippen LogP contribution is 2.33. The number of aryl methyl sites for hydroxylation is 1. The molecule has 3 rings (SSSR count). The summed E-state index contributed by atoms with van der Waals surface area (Å²) in [6.07, 6.45) is 0.662. The highest BCUT2D eigenvalue weighted by molar-refractivity contribution is 7.99. The van der Waals surface area contributed by atoms with Gasteiger partial charge in [-0.2, -0.15) is 0 Å². The third-order valence-electron chi connectivity index (χ3n) is 4.29. The highest BCUT2D eigenvalue weighted by atomic mass is 32.2. The smallest absolute Gasteiger partial charge is 0.306 e. The van der Waals surface area contributed by atoms with Crippen LogP contribution in [0.15, 0.2) is 88.7 Å². The lowest BCUT2D eigenvalue weighted by molar-refractivity contribution is -0.147. The molecular formula is C24H23NO4S. The van der Waals surface area contributed by atoms with Crippen molar-refractivity contribution in [1.82, 2.24) is 0 Å². The number of methoxy groups -OCH3 is 1. The molecule has 154 valence electrons. The molecule has 1 amide bonds. The van der Waals surface area contributed by atoms with Crippen molar-refractivity contribution in [2.75, 3.05) is 19.0 Å². The van der Waals surface area contributed by atoms with Crippen LogP contribution in [0.2, 0.25) is 0 Å². The molecule has 0 aliphatic heterocycles. The van der Waals surface area contributed by atoms with Crippen molar-refractivity contribution in [2.45, 2.75) is 22.6 Å². The average molecular weight is 422 g/mol. The number of amides is 1. The van der Waals surface area contributed by atoms with Gasteiger partial charge in [0.15, 0.2) is 6.61 Å². The lowest BCUT2D eigenvalue weighted by Crippen LogP contribution is -2.21. The first-order valence-corrected chi connectivity index (χ1v) is 10.4. The fourth-order valence-corrected chi connectivity index (χ4v) is 3.75. The summed E-state index contributed by atoms with van der Waals surface area (Å²) in [6, 6.07) is 24.9. The third-order valence-corrected chi connectivity index (χ3v) is 5.37. The number of carbonyl (C=O) groups excluding carboxylic acids is 2. The van der Waals surface area contributed by atoms with Gasteiger partial charge >= 0.3 is 5.97 Å². The Balaban J connectivity index is 1.49. The molecular weight excluding hydrogens is 398 g/mol. The normalized spacial score (nSPS) is 10.3. The number of para-hydroxylation sites is 2. The molecule has 6 heteroatoms. The molecule has 0 fully saturated rings. The number of benzene rings is 3. The summed E-state index contributed by atoms with van der Waals surface area (Å²) >= 11 is 1.56. The highest BCUT2D eigenvalue weighted by Gasteiger charge is 2.12. The van der Waals surface area contributed by atoms with Crippen molar-refractivity contribution in [3.8, 4) is 5.75 Å². The van der Waals surface area contributed by atoms with Gasteiger partial charge in [0.05, 0.1) is 12.8 Å². The molecule has 0 saturated heterocycles. The van der Waals surface area contributed by atoms with Gasteiger partial charge in [0.1, 0.15) is 5.75 Å². The van der Waals surface area contributed by atoms with E-state index in [0.717, 1.165) is 21.1 Å². The Morgan fingerprint density at radius 2 is 1.60 bits per heavy atom. The summed E-state index contributed by atoms with van der Waals surface area (Å²) in [4.78, 5) is 26.3. The van der Waals surface area contributed by atoms with Crippen molar-refractivity contribution in [1.29, 1.82) is 0 Å². The van der Waals surface area contributed by atoms with Gasteiger partial charge in [-0.25, -0.2) is 0 Å². The van der Waals surface area contributed by atoms with Crippen LogP contribution >= 0.6 is 11.8 Å². The molecule has 0 aliphatic carbocycles. The van der Waals surface area contributed by atoms with E-state index in [1.807, 2.05) is 78.9 Å². The van der Waals surface area contributed by atoms with E-state index < -0.39 is 5.97 Å². The number of ether oxygens (including phenoxy) is 2. The quantitative estimate of drug-likeness (QED) is 0.495. The zero-order chi connectivity index (χ0) is 21.2. The van der Waals surface area contributed by atoms with Gasteiger partial charge in [0.2, 0.25) is 0 Å². The van der Waals surface area contributed by atoms with Gasteiger partial charge in [0.25, 0.3) is 5.91 Å². The minimum absolute atomic E-state index is 0.175. The van der Waals surface area contributed by atoms with Crippen LogP contribution in [0.5, 0.6) is 5.75 Å². The van der Waals surface area contributed by atoms with E-state index in [2.05, 4.69) is 5.32 Å². The number of esters is 1. The van der Waals surface area contributed by atoms with Gasteiger partial charge < -0.3 is 14.8 Å². The van der Waals surface area contributed by atoms with Crippen LogP contribution in [-0.2, 0) is 20.7 Å². The fourth-order valence-electron chi connectivity index (χ4n) is 2.83. The van der Waals surface area contributed by atoms with Crippen LogP contribution < -0.4 is 10.1 Å². The molecule has 0 unspecified atom stereocenters. The molecule has 0 aliphatic rings. The number of carbonyl (C=O) groups is 2. The van der Waals surface area contributed by atoms with Crippen LogP contribution in [0.3, 0.4) is 0 Å². The van der Waals surface area contributed by atoms with Gasteiger partial charge in [-0.1, -0.05) is 60.3 Å². The Morgan fingerprint density at radius 3 is 2.40 bits per heavy atom. The van der Waals surface area contributed by atoms with Crippen LogP contribution in [0.25, 0.3) is 0 Å². The predicted octanol–water partition coefficient (Wildman–Crippen LogP) is 4.96. The lowest BCUT2D eigenvalue weighted by atomic mass is 10.1. The van der Waals surface area contributed by atoms with E-state index in [0.29, 0.717) is 12.1 Å². The number of nitrogens with one attached hydrogen (secondary N) is 1. The maximum atomic E-state index is 12.3. The van der Waals surface area contributed by atoms with Crippen molar-refractivity contribution in [3.05, 3.63) is 84.4 Å². The summed E-state index contributed by atoms with van der Waals surface area (Å²) in [5.41, 5.74) is 1.61. The molecule has 0 heterocycles. The molecule has 1 N–H and O–H groups in total. The molecule has 5 nitrogen and oxygen atoms in total. The summed E-state index contributed by atoms with van der Waals surface area (Å²) in [6.45, 7) is -0.324. The van der Waals surface area contributed by atoms with E-state index in [-0.39, 0.29) is 18.9 Å². The Hall–Kier alpha value is -3.25. The molecule has 0 atom stereocenters. The van der Waals surface area contributed by atoms with Crippen LogP contribution in [0.4, 0.5) is 5.69 Å². The Bertz CT molecular complexity index is 991. The topological polar surface area (TPSA) is 64.6 Å². The second kappa shape index (κ2) is 11.1. The van der Waals surface area contributed by atoms with E-state index in [9.17, 15) is 9.59 Å². The Morgan fingerprint density at radius 1 is 0.900 bits per heavy atom.